The zero-order chi connectivity index (χ0) is 18.5. The van der Waals surface area contributed by atoms with Gasteiger partial charge in [-0.15, -0.1) is 0 Å². The minimum atomic E-state index is 0.250. The average molecular weight is 368 g/mol. The van der Waals surface area contributed by atoms with Gasteiger partial charge in [0.1, 0.15) is 18.1 Å². The molecule has 134 valence electrons. The van der Waals surface area contributed by atoms with Crippen LogP contribution in [0.15, 0.2) is 47.6 Å². The minimum Gasteiger partial charge on any atom is -0.496 e. The molecule has 0 saturated carbocycles. The number of methoxy groups -OCH3 is 1. The third kappa shape index (κ3) is 4.00. The molecule has 0 bridgehead atoms. The summed E-state index contributed by atoms with van der Waals surface area (Å²) in [5, 5.41) is 11.4. The van der Waals surface area contributed by atoms with Crippen molar-refractivity contribution in [2.75, 3.05) is 7.11 Å². The number of aromatic amines is 1. The molecule has 0 saturated heterocycles. The van der Waals surface area contributed by atoms with Crippen LogP contribution in [0.4, 0.5) is 0 Å². The predicted molar refractivity (Wildman–Crippen MR) is 104 cm³/mol. The van der Waals surface area contributed by atoms with Gasteiger partial charge in [-0.05, 0) is 49.8 Å². The molecule has 0 aliphatic heterocycles. The third-order valence-corrected chi connectivity index (χ3v) is 4.12. The molecule has 7 heteroatoms. The largest absolute Gasteiger partial charge is 0.496 e. The van der Waals surface area contributed by atoms with Gasteiger partial charge in [0, 0.05) is 5.56 Å². The van der Waals surface area contributed by atoms with Crippen molar-refractivity contribution in [1.82, 2.24) is 14.9 Å². The summed E-state index contributed by atoms with van der Waals surface area (Å²) in [6, 6.07) is 13.7. The van der Waals surface area contributed by atoms with Gasteiger partial charge in [0.25, 0.3) is 0 Å². The van der Waals surface area contributed by atoms with Crippen LogP contribution >= 0.6 is 12.2 Å². The third-order valence-electron chi connectivity index (χ3n) is 3.86. The molecule has 0 atom stereocenters. The first kappa shape index (κ1) is 17.9. The van der Waals surface area contributed by atoms with Gasteiger partial charge in [0.2, 0.25) is 4.77 Å². The first-order chi connectivity index (χ1) is 12.6. The number of benzene rings is 2. The number of aromatic nitrogens is 3. The van der Waals surface area contributed by atoms with E-state index in [1.165, 1.54) is 5.56 Å². The van der Waals surface area contributed by atoms with E-state index in [-0.39, 0.29) is 6.61 Å². The van der Waals surface area contributed by atoms with Crippen LogP contribution in [-0.2, 0) is 6.61 Å². The number of H-pyrrole nitrogens is 1. The molecule has 1 aromatic heterocycles. The fourth-order valence-corrected chi connectivity index (χ4v) is 2.73. The van der Waals surface area contributed by atoms with Gasteiger partial charge in [0.05, 0.1) is 13.3 Å². The molecule has 0 radical (unpaired) electrons. The minimum absolute atomic E-state index is 0.250. The Hall–Kier alpha value is -2.93. The topological polar surface area (TPSA) is 64.4 Å². The maximum absolute atomic E-state index is 5.88. The second kappa shape index (κ2) is 7.97. The lowest BCUT2D eigenvalue weighted by atomic mass is 10.1. The molecule has 3 aromatic rings. The number of hydrogen-bond donors (Lipinski definition) is 1. The van der Waals surface area contributed by atoms with Gasteiger partial charge in [-0.25, -0.2) is 5.10 Å². The number of para-hydroxylation sites is 1. The van der Waals surface area contributed by atoms with Crippen molar-refractivity contribution in [2.24, 2.45) is 5.10 Å². The Morgan fingerprint density at radius 2 is 2.00 bits per heavy atom. The summed E-state index contributed by atoms with van der Waals surface area (Å²) in [7, 11) is 1.62. The van der Waals surface area contributed by atoms with E-state index in [0.717, 1.165) is 22.6 Å². The maximum atomic E-state index is 5.88. The van der Waals surface area contributed by atoms with Crippen molar-refractivity contribution < 1.29 is 9.47 Å². The van der Waals surface area contributed by atoms with Gasteiger partial charge in [-0.2, -0.15) is 14.9 Å². The summed E-state index contributed by atoms with van der Waals surface area (Å²) in [5.74, 6) is 2.13. The number of hydrogen-bond acceptors (Lipinski definition) is 5. The Morgan fingerprint density at radius 3 is 2.77 bits per heavy atom. The zero-order valence-electron chi connectivity index (χ0n) is 14.9. The van der Waals surface area contributed by atoms with Crippen molar-refractivity contribution in [2.45, 2.75) is 20.5 Å². The zero-order valence-corrected chi connectivity index (χ0v) is 15.7. The molecule has 3 rings (SSSR count). The summed E-state index contributed by atoms with van der Waals surface area (Å²) in [6.45, 7) is 4.31. The standard InChI is InChI=1S/C19H20N4O2S/c1-13-8-9-16(14(2)10-13)25-12-18-21-22-19(26)23(18)20-11-15-6-4-5-7-17(15)24-3/h4-11H,12H2,1-3H3,(H,22,26)/b20-11-. The van der Waals surface area contributed by atoms with Crippen molar-refractivity contribution >= 4 is 18.4 Å². The molecule has 1 N–H and O–H groups in total. The Kier molecular flexibility index (Phi) is 5.48. The van der Waals surface area contributed by atoms with Crippen molar-refractivity contribution in [3.63, 3.8) is 0 Å². The highest BCUT2D eigenvalue weighted by Crippen LogP contribution is 2.20. The highest BCUT2D eigenvalue weighted by molar-refractivity contribution is 7.71. The summed E-state index contributed by atoms with van der Waals surface area (Å²) in [6.07, 6.45) is 1.69. The Morgan fingerprint density at radius 1 is 1.19 bits per heavy atom. The van der Waals surface area contributed by atoms with E-state index in [1.807, 2.05) is 43.3 Å². The molecule has 0 aliphatic carbocycles. The fourth-order valence-electron chi connectivity index (χ4n) is 2.53. The second-order valence-electron chi connectivity index (χ2n) is 5.80. The Balaban J connectivity index is 1.80. The van der Waals surface area contributed by atoms with E-state index in [9.17, 15) is 0 Å². The molecule has 0 spiro atoms. The molecule has 1 heterocycles. The van der Waals surface area contributed by atoms with Gasteiger partial charge in [0.15, 0.2) is 5.82 Å². The van der Waals surface area contributed by atoms with Gasteiger partial charge >= 0.3 is 0 Å². The molecule has 0 amide bonds. The fraction of sp³-hybridized carbons (Fsp3) is 0.211. The van der Waals surface area contributed by atoms with Crippen LogP contribution in [0, 0.1) is 18.6 Å². The lowest BCUT2D eigenvalue weighted by Gasteiger charge is -2.09. The molecule has 6 nitrogen and oxygen atoms in total. The van der Waals surface area contributed by atoms with Gasteiger partial charge < -0.3 is 9.47 Å². The van der Waals surface area contributed by atoms with E-state index in [4.69, 9.17) is 21.7 Å². The second-order valence-corrected chi connectivity index (χ2v) is 6.19. The van der Waals surface area contributed by atoms with Crippen LogP contribution in [0.1, 0.15) is 22.5 Å². The summed E-state index contributed by atoms with van der Waals surface area (Å²) in [4.78, 5) is 0. The summed E-state index contributed by atoms with van der Waals surface area (Å²) < 4.78 is 13.2. The molecular formula is C19H20N4O2S. The summed E-state index contributed by atoms with van der Waals surface area (Å²) in [5.41, 5.74) is 3.11. The van der Waals surface area contributed by atoms with E-state index in [1.54, 1.807) is 18.0 Å². The maximum Gasteiger partial charge on any atom is 0.216 e. The van der Waals surface area contributed by atoms with Crippen LogP contribution in [0.5, 0.6) is 11.5 Å². The molecule has 0 unspecified atom stereocenters. The van der Waals surface area contributed by atoms with Crippen molar-refractivity contribution in [3.05, 3.63) is 69.8 Å². The van der Waals surface area contributed by atoms with E-state index in [0.29, 0.717) is 10.6 Å². The number of rotatable bonds is 6. The highest BCUT2D eigenvalue weighted by Gasteiger charge is 2.08. The smallest absolute Gasteiger partial charge is 0.216 e. The van der Waals surface area contributed by atoms with E-state index >= 15 is 0 Å². The average Bonchev–Trinajstić information content (AvgIpc) is 2.99. The monoisotopic (exact) mass is 368 g/mol. The lowest BCUT2D eigenvalue weighted by molar-refractivity contribution is 0.288. The van der Waals surface area contributed by atoms with Crippen LogP contribution in [0.3, 0.4) is 0 Å². The SMILES string of the molecule is COc1ccccc1/C=N\n1c(COc2ccc(C)cc2C)n[nH]c1=S. The molecule has 0 aliphatic rings. The molecule has 26 heavy (non-hydrogen) atoms. The quantitative estimate of drug-likeness (QED) is 0.527. The first-order valence-electron chi connectivity index (χ1n) is 8.12. The number of ether oxygens (including phenoxy) is 2. The van der Waals surface area contributed by atoms with Gasteiger partial charge in [-0.3, -0.25) is 0 Å². The van der Waals surface area contributed by atoms with Crippen LogP contribution in [-0.4, -0.2) is 28.2 Å². The lowest BCUT2D eigenvalue weighted by Crippen LogP contribution is -2.05. The first-order valence-corrected chi connectivity index (χ1v) is 8.53. The molecular weight excluding hydrogens is 348 g/mol. The van der Waals surface area contributed by atoms with Crippen molar-refractivity contribution in [3.8, 4) is 11.5 Å². The molecule has 2 aromatic carbocycles. The van der Waals surface area contributed by atoms with E-state index < -0.39 is 0 Å². The highest BCUT2D eigenvalue weighted by atomic mass is 32.1. The van der Waals surface area contributed by atoms with Crippen LogP contribution < -0.4 is 9.47 Å². The summed E-state index contributed by atoms with van der Waals surface area (Å²) >= 11 is 5.27. The number of nitrogens with zero attached hydrogens (tertiary/aromatic N) is 3. The molecule has 0 fully saturated rings. The Labute approximate surface area is 157 Å². The Bertz CT molecular complexity index is 991. The van der Waals surface area contributed by atoms with Crippen molar-refractivity contribution in [1.29, 1.82) is 0 Å². The van der Waals surface area contributed by atoms with Crippen LogP contribution in [0.2, 0.25) is 0 Å². The number of aryl methyl sites for hydroxylation is 2. The van der Waals surface area contributed by atoms with Gasteiger partial charge in [-0.1, -0.05) is 29.8 Å². The number of nitrogens with one attached hydrogen (secondary N) is 1. The normalized spacial score (nSPS) is 11.0. The predicted octanol–water partition coefficient (Wildman–Crippen LogP) is 4.03. The van der Waals surface area contributed by atoms with Crippen LogP contribution in [0.25, 0.3) is 0 Å². The van der Waals surface area contributed by atoms with E-state index in [2.05, 4.69) is 28.3 Å².